The topological polar surface area (TPSA) is 42.7 Å². The van der Waals surface area contributed by atoms with Gasteiger partial charge in [-0.05, 0) is 23.9 Å². The minimum atomic E-state index is 0.806. The van der Waals surface area contributed by atoms with Crippen molar-refractivity contribution in [3.8, 4) is 0 Å². The summed E-state index contributed by atoms with van der Waals surface area (Å²) in [4.78, 5) is 1.39. The van der Waals surface area contributed by atoms with Crippen molar-refractivity contribution in [1.82, 2.24) is 20.3 Å². The number of nitrogens with zero attached hydrogens (tertiary/aromatic N) is 3. The summed E-state index contributed by atoms with van der Waals surface area (Å²) >= 11 is 1.79. The van der Waals surface area contributed by atoms with E-state index in [1.54, 1.807) is 22.2 Å². The molecule has 2 aromatic rings. The van der Waals surface area contributed by atoms with Gasteiger partial charge in [-0.1, -0.05) is 5.21 Å². The number of nitrogens with one attached hydrogen (secondary N) is 1. The van der Waals surface area contributed by atoms with Crippen LogP contribution in [-0.4, -0.2) is 15.0 Å². The maximum Gasteiger partial charge on any atom is 0.0738 e. The Morgan fingerprint density at radius 1 is 1.47 bits per heavy atom. The average molecular weight is 222 g/mol. The molecule has 0 radical (unpaired) electrons. The van der Waals surface area contributed by atoms with E-state index < -0.39 is 0 Å². The van der Waals surface area contributed by atoms with Gasteiger partial charge >= 0.3 is 0 Å². The number of hydrogen-bond donors (Lipinski definition) is 1. The van der Waals surface area contributed by atoms with E-state index >= 15 is 0 Å². The molecule has 2 aromatic heterocycles. The molecule has 0 saturated carbocycles. The quantitative estimate of drug-likeness (QED) is 0.852. The second-order valence-corrected chi connectivity index (χ2v) is 4.48. The Morgan fingerprint density at radius 2 is 2.33 bits per heavy atom. The molecule has 1 N–H and O–H groups in total. The Labute approximate surface area is 92.9 Å². The molecule has 0 amide bonds. The second kappa shape index (κ2) is 4.55. The van der Waals surface area contributed by atoms with Crippen LogP contribution in [0.25, 0.3) is 0 Å². The van der Waals surface area contributed by atoms with Crippen LogP contribution >= 0.6 is 11.3 Å². The van der Waals surface area contributed by atoms with Crippen LogP contribution in [0.2, 0.25) is 0 Å². The van der Waals surface area contributed by atoms with Gasteiger partial charge in [0, 0.05) is 25.0 Å². The van der Waals surface area contributed by atoms with Gasteiger partial charge in [0.1, 0.15) is 0 Å². The van der Waals surface area contributed by atoms with Crippen molar-refractivity contribution < 1.29 is 0 Å². The van der Waals surface area contributed by atoms with Crippen molar-refractivity contribution in [3.63, 3.8) is 0 Å². The summed E-state index contributed by atoms with van der Waals surface area (Å²) in [5.74, 6) is 0. The first-order valence-electron chi connectivity index (χ1n) is 4.84. The fourth-order valence-electron chi connectivity index (χ4n) is 1.36. The van der Waals surface area contributed by atoms with Crippen LogP contribution in [0, 0.1) is 6.92 Å². The van der Waals surface area contributed by atoms with Gasteiger partial charge < -0.3 is 5.32 Å². The van der Waals surface area contributed by atoms with E-state index in [1.807, 2.05) is 7.05 Å². The van der Waals surface area contributed by atoms with E-state index in [-0.39, 0.29) is 0 Å². The van der Waals surface area contributed by atoms with Crippen molar-refractivity contribution in [2.45, 2.75) is 20.0 Å². The second-order valence-electron chi connectivity index (χ2n) is 3.48. The highest BCUT2D eigenvalue weighted by Gasteiger charge is 2.01. The van der Waals surface area contributed by atoms with Crippen LogP contribution < -0.4 is 5.32 Å². The number of aromatic nitrogens is 3. The van der Waals surface area contributed by atoms with Crippen molar-refractivity contribution in [1.29, 1.82) is 0 Å². The lowest BCUT2D eigenvalue weighted by Gasteiger charge is -2.03. The van der Waals surface area contributed by atoms with E-state index in [2.05, 4.69) is 34.0 Å². The summed E-state index contributed by atoms with van der Waals surface area (Å²) in [6, 6.07) is 2.15. The molecule has 0 bridgehead atoms. The molecule has 2 heterocycles. The lowest BCUT2D eigenvalue weighted by Crippen LogP contribution is -2.14. The molecule has 5 heteroatoms. The first-order chi connectivity index (χ1) is 7.27. The molecule has 0 unspecified atom stereocenters. The van der Waals surface area contributed by atoms with Crippen LogP contribution in [0.5, 0.6) is 0 Å². The van der Waals surface area contributed by atoms with Gasteiger partial charge in [0.05, 0.1) is 11.9 Å². The average Bonchev–Trinajstić information content (AvgIpc) is 2.78. The molecule has 0 saturated heterocycles. The molecule has 0 spiro atoms. The van der Waals surface area contributed by atoms with Crippen LogP contribution in [0.15, 0.2) is 17.6 Å². The highest BCUT2D eigenvalue weighted by molar-refractivity contribution is 7.10. The van der Waals surface area contributed by atoms with Crippen molar-refractivity contribution in [2.24, 2.45) is 7.05 Å². The third kappa shape index (κ3) is 2.43. The zero-order valence-electron chi connectivity index (χ0n) is 8.90. The van der Waals surface area contributed by atoms with E-state index in [9.17, 15) is 0 Å². The maximum atomic E-state index is 3.88. The smallest absolute Gasteiger partial charge is 0.0738 e. The third-order valence-electron chi connectivity index (χ3n) is 2.37. The molecule has 80 valence electrons. The van der Waals surface area contributed by atoms with E-state index in [4.69, 9.17) is 0 Å². The highest BCUT2D eigenvalue weighted by Crippen LogP contribution is 2.14. The Kier molecular flexibility index (Phi) is 3.13. The summed E-state index contributed by atoms with van der Waals surface area (Å²) in [6.45, 7) is 3.86. The standard InChI is InChI=1S/C10H14N4S/c1-8-3-4-15-10(8)7-11-5-9-6-12-13-14(9)2/h3-4,6,11H,5,7H2,1-2H3. The van der Waals surface area contributed by atoms with E-state index in [1.165, 1.54) is 10.4 Å². The first kappa shape index (κ1) is 10.3. The molecular weight excluding hydrogens is 208 g/mol. The van der Waals surface area contributed by atoms with Gasteiger partial charge in [-0.15, -0.1) is 16.4 Å². The fourth-order valence-corrected chi connectivity index (χ4v) is 2.24. The van der Waals surface area contributed by atoms with Crippen LogP contribution in [0.4, 0.5) is 0 Å². The highest BCUT2D eigenvalue weighted by atomic mass is 32.1. The fraction of sp³-hybridized carbons (Fsp3) is 0.400. The molecule has 0 atom stereocenters. The van der Waals surface area contributed by atoms with Crippen LogP contribution in [0.3, 0.4) is 0 Å². The van der Waals surface area contributed by atoms with Gasteiger partial charge in [-0.3, -0.25) is 4.68 Å². The Morgan fingerprint density at radius 3 is 2.93 bits per heavy atom. The summed E-state index contributed by atoms with van der Waals surface area (Å²) in [5, 5.41) is 13.2. The van der Waals surface area contributed by atoms with Crippen LogP contribution in [-0.2, 0) is 20.1 Å². The molecule has 0 aliphatic rings. The van der Waals surface area contributed by atoms with Crippen molar-refractivity contribution in [3.05, 3.63) is 33.8 Å². The van der Waals surface area contributed by atoms with Gasteiger partial charge in [0.25, 0.3) is 0 Å². The largest absolute Gasteiger partial charge is 0.306 e. The molecule has 0 aliphatic heterocycles. The molecular formula is C10H14N4S. The molecule has 0 fully saturated rings. The summed E-state index contributed by atoms with van der Waals surface area (Å²) in [7, 11) is 1.90. The number of rotatable bonds is 4. The van der Waals surface area contributed by atoms with E-state index in [0.29, 0.717) is 0 Å². The summed E-state index contributed by atoms with van der Waals surface area (Å²) in [6.07, 6.45) is 1.79. The predicted molar refractivity (Wildman–Crippen MR) is 60.6 cm³/mol. The monoisotopic (exact) mass is 222 g/mol. The number of aryl methyl sites for hydroxylation is 2. The first-order valence-corrected chi connectivity index (χ1v) is 5.72. The normalized spacial score (nSPS) is 10.8. The Bertz CT molecular complexity index is 392. The lowest BCUT2D eigenvalue weighted by atomic mass is 10.3. The van der Waals surface area contributed by atoms with Crippen LogP contribution in [0.1, 0.15) is 16.1 Å². The van der Waals surface area contributed by atoms with Gasteiger partial charge in [0.2, 0.25) is 0 Å². The minimum absolute atomic E-state index is 0.806. The molecule has 0 aromatic carbocycles. The molecule has 2 rings (SSSR count). The van der Waals surface area contributed by atoms with Crippen molar-refractivity contribution in [2.75, 3.05) is 0 Å². The van der Waals surface area contributed by atoms with Gasteiger partial charge in [-0.25, -0.2) is 0 Å². The number of thiophene rings is 1. The zero-order valence-corrected chi connectivity index (χ0v) is 9.71. The lowest BCUT2D eigenvalue weighted by molar-refractivity contribution is 0.619. The minimum Gasteiger partial charge on any atom is -0.306 e. The van der Waals surface area contributed by atoms with Gasteiger partial charge in [-0.2, -0.15) is 0 Å². The molecule has 0 aliphatic carbocycles. The summed E-state index contributed by atoms with van der Waals surface area (Å²) in [5.41, 5.74) is 2.46. The van der Waals surface area contributed by atoms with Gasteiger partial charge in [0.15, 0.2) is 0 Å². The summed E-state index contributed by atoms with van der Waals surface area (Å²) < 4.78 is 1.79. The van der Waals surface area contributed by atoms with Crippen molar-refractivity contribution >= 4 is 11.3 Å². The molecule has 4 nitrogen and oxygen atoms in total. The Hall–Kier alpha value is -1.20. The molecule has 15 heavy (non-hydrogen) atoms. The predicted octanol–water partition coefficient (Wildman–Crippen LogP) is 1.47. The third-order valence-corrected chi connectivity index (χ3v) is 3.39. The Balaban J connectivity index is 1.86. The maximum absolute atomic E-state index is 3.88. The SMILES string of the molecule is Cc1ccsc1CNCc1cnnn1C. The zero-order chi connectivity index (χ0) is 10.7. The number of hydrogen-bond acceptors (Lipinski definition) is 4. The van der Waals surface area contributed by atoms with E-state index in [0.717, 1.165) is 18.8 Å².